The molecule has 2 N–H and O–H groups in total. The Morgan fingerprint density at radius 3 is 2.33 bits per heavy atom. The van der Waals surface area contributed by atoms with Crippen LogP contribution >= 0.6 is 0 Å². The average molecular weight is 280 g/mol. The predicted molar refractivity (Wildman–Crippen MR) is 83.9 cm³/mol. The smallest absolute Gasteiger partial charge is 0.315 e. The lowest BCUT2D eigenvalue weighted by Gasteiger charge is -2.18. The largest absolute Gasteiger partial charge is 0.334 e. The first-order valence-corrected chi connectivity index (χ1v) is 7.35. The lowest BCUT2D eigenvalue weighted by molar-refractivity contribution is 0.235. The first kappa shape index (κ1) is 13.7. The Morgan fingerprint density at radius 2 is 1.71 bits per heavy atom. The van der Waals surface area contributed by atoms with Gasteiger partial charge in [0.1, 0.15) is 0 Å². The number of amides is 2. The van der Waals surface area contributed by atoms with Crippen LogP contribution in [-0.2, 0) is 12.1 Å². The minimum atomic E-state index is -0.158. The van der Waals surface area contributed by atoms with Crippen molar-refractivity contribution >= 4 is 6.03 Å². The van der Waals surface area contributed by atoms with Crippen LogP contribution in [0.3, 0.4) is 0 Å². The highest BCUT2D eigenvalue weighted by Crippen LogP contribution is 2.45. The van der Waals surface area contributed by atoms with E-state index in [1.807, 2.05) is 30.3 Å². The van der Waals surface area contributed by atoms with Crippen LogP contribution in [0, 0.1) is 6.92 Å². The van der Waals surface area contributed by atoms with Gasteiger partial charge in [0, 0.05) is 6.54 Å². The fourth-order valence-electron chi connectivity index (χ4n) is 2.52. The zero-order valence-corrected chi connectivity index (χ0v) is 12.2. The van der Waals surface area contributed by atoms with Crippen molar-refractivity contribution in [3.63, 3.8) is 0 Å². The third-order valence-electron chi connectivity index (χ3n) is 4.00. The molecule has 0 radical (unpaired) electrons. The Bertz CT molecular complexity index is 615. The van der Waals surface area contributed by atoms with E-state index < -0.39 is 0 Å². The minimum Gasteiger partial charge on any atom is -0.334 e. The number of benzene rings is 2. The molecule has 1 aliphatic rings. The Hall–Kier alpha value is -2.29. The molecular formula is C18H20N2O. The molecule has 2 aromatic carbocycles. The highest BCUT2D eigenvalue weighted by atomic mass is 16.2. The number of carbonyl (C=O) groups excluding carboxylic acids is 1. The maximum atomic E-state index is 12.1. The van der Waals surface area contributed by atoms with E-state index in [4.69, 9.17) is 0 Å². The topological polar surface area (TPSA) is 41.1 Å². The summed E-state index contributed by atoms with van der Waals surface area (Å²) in [4.78, 5) is 12.1. The van der Waals surface area contributed by atoms with Gasteiger partial charge in [0.15, 0.2) is 0 Å². The standard InChI is InChI=1S/C18H20N2O/c1-14-7-9-16(10-8-14)18(11-12-18)20-17(21)19-13-15-5-3-2-4-6-15/h2-10H,11-13H2,1H3,(H2,19,20,21). The number of carbonyl (C=O) groups is 1. The summed E-state index contributed by atoms with van der Waals surface area (Å²) in [5.41, 5.74) is 3.38. The molecule has 0 atom stereocenters. The van der Waals surface area contributed by atoms with Crippen molar-refractivity contribution in [2.24, 2.45) is 0 Å². The van der Waals surface area contributed by atoms with Crippen molar-refractivity contribution in [3.05, 3.63) is 71.3 Å². The van der Waals surface area contributed by atoms with E-state index in [-0.39, 0.29) is 11.6 Å². The summed E-state index contributed by atoms with van der Waals surface area (Å²) in [5, 5.41) is 6.05. The molecule has 0 unspecified atom stereocenters. The zero-order chi connectivity index (χ0) is 14.7. The molecule has 1 fully saturated rings. The van der Waals surface area contributed by atoms with Gasteiger partial charge in [-0.1, -0.05) is 60.2 Å². The van der Waals surface area contributed by atoms with E-state index in [2.05, 4.69) is 41.8 Å². The molecule has 0 heterocycles. The van der Waals surface area contributed by atoms with E-state index in [0.717, 1.165) is 18.4 Å². The third-order valence-corrected chi connectivity index (χ3v) is 4.00. The summed E-state index contributed by atoms with van der Waals surface area (Å²) in [6.45, 7) is 2.62. The van der Waals surface area contributed by atoms with Crippen molar-refractivity contribution in [3.8, 4) is 0 Å². The molecule has 3 rings (SSSR count). The fourth-order valence-corrected chi connectivity index (χ4v) is 2.52. The Balaban J connectivity index is 1.58. The molecule has 0 spiro atoms. The number of hydrogen-bond acceptors (Lipinski definition) is 1. The van der Waals surface area contributed by atoms with Crippen LogP contribution < -0.4 is 10.6 Å². The van der Waals surface area contributed by atoms with Crippen LogP contribution in [0.2, 0.25) is 0 Å². The number of urea groups is 1. The zero-order valence-electron chi connectivity index (χ0n) is 12.2. The fraction of sp³-hybridized carbons (Fsp3) is 0.278. The van der Waals surface area contributed by atoms with E-state index in [9.17, 15) is 4.79 Å². The van der Waals surface area contributed by atoms with Crippen molar-refractivity contribution in [1.29, 1.82) is 0 Å². The van der Waals surface area contributed by atoms with Crippen molar-refractivity contribution in [2.75, 3.05) is 0 Å². The van der Waals surface area contributed by atoms with Crippen LogP contribution in [0.4, 0.5) is 4.79 Å². The summed E-state index contributed by atoms with van der Waals surface area (Å²) >= 11 is 0. The summed E-state index contributed by atoms with van der Waals surface area (Å²) in [5.74, 6) is 0. The minimum absolute atomic E-state index is 0.100. The molecular weight excluding hydrogens is 260 g/mol. The van der Waals surface area contributed by atoms with Crippen molar-refractivity contribution in [1.82, 2.24) is 10.6 Å². The first-order valence-electron chi connectivity index (χ1n) is 7.35. The molecule has 3 heteroatoms. The van der Waals surface area contributed by atoms with E-state index in [0.29, 0.717) is 6.54 Å². The SMILES string of the molecule is Cc1ccc(C2(NC(=O)NCc3ccccc3)CC2)cc1. The monoisotopic (exact) mass is 280 g/mol. The Morgan fingerprint density at radius 1 is 1.05 bits per heavy atom. The average Bonchev–Trinajstić information content (AvgIpc) is 3.27. The summed E-state index contributed by atoms with van der Waals surface area (Å²) in [7, 11) is 0. The van der Waals surface area contributed by atoms with Gasteiger partial charge in [0.25, 0.3) is 0 Å². The van der Waals surface area contributed by atoms with Gasteiger partial charge in [-0.15, -0.1) is 0 Å². The normalized spacial score (nSPS) is 15.3. The van der Waals surface area contributed by atoms with Gasteiger partial charge >= 0.3 is 6.03 Å². The summed E-state index contributed by atoms with van der Waals surface area (Å²) in [6.07, 6.45) is 2.02. The second kappa shape index (κ2) is 5.60. The van der Waals surface area contributed by atoms with Crippen molar-refractivity contribution in [2.45, 2.75) is 31.8 Å². The molecule has 0 aromatic heterocycles. The van der Waals surface area contributed by atoms with E-state index in [1.165, 1.54) is 11.1 Å². The number of nitrogens with one attached hydrogen (secondary N) is 2. The van der Waals surface area contributed by atoms with Gasteiger partial charge in [0.05, 0.1) is 5.54 Å². The lowest BCUT2D eigenvalue weighted by Crippen LogP contribution is -2.41. The van der Waals surface area contributed by atoms with E-state index >= 15 is 0 Å². The molecule has 0 aliphatic heterocycles. The third kappa shape index (κ3) is 3.24. The van der Waals surface area contributed by atoms with Crippen LogP contribution in [0.25, 0.3) is 0 Å². The van der Waals surface area contributed by atoms with Gasteiger partial charge in [-0.3, -0.25) is 0 Å². The first-order chi connectivity index (χ1) is 10.2. The highest BCUT2D eigenvalue weighted by Gasteiger charge is 2.45. The van der Waals surface area contributed by atoms with Crippen LogP contribution in [0.5, 0.6) is 0 Å². The van der Waals surface area contributed by atoms with E-state index in [1.54, 1.807) is 0 Å². The van der Waals surface area contributed by atoms with Crippen molar-refractivity contribution < 1.29 is 4.79 Å². The molecule has 3 nitrogen and oxygen atoms in total. The number of hydrogen-bond donors (Lipinski definition) is 2. The molecule has 2 amide bonds. The molecule has 2 aromatic rings. The molecule has 21 heavy (non-hydrogen) atoms. The Labute approximate surface area is 125 Å². The number of rotatable bonds is 4. The molecule has 0 bridgehead atoms. The number of aryl methyl sites for hydroxylation is 1. The molecule has 1 saturated carbocycles. The highest BCUT2D eigenvalue weighted by molar-refractivity contribution is 5.75. The van der Waals surface area contributed by atoms with Crippen LogP contribution in [0.1, 0.15) is 29.5 Å². The van der Waals surface area contributed by atoms with Gasteiger partial charge in [-0.05, 0) is 30.9 Å². The molecule has 0 saturated heterocycles. The summed E-state index contributed by atoms with van der Waals surface area (Å²) < 4.78 is 0. The van der Waals surface area contributed by atoms with Crippen LogP contribution in [0.15, 0.2) is 54.6 Å². The maximum absolute atomic E-state index is 12.1. The summed E-state index contributed by atoms with van der Waals surface area (Å²) in [6, 6.07) is 18.3. The van der Waals surface area contributed by atoms with Gasteiger partial charge < -0.3 is 10.6 Å². The Kier molecular flexibility index (Phi) is 3.65. The predicted octanol–water partition coefficient (Wildman–Crippen LogP) is 3.48. The second-order valence-electron chi connectivity index (χ2n) is 5.74. The second-order valence-corrected chi connectivity index (χ2v) is 5.74. The van der Waals surface area contributed by atoms with Crippen LogP contribution in [-0.4, -0.2) is 6.03 Å². The van der Waals surface area contributed by atoms with Gasteiger partial charge in [0.2, 0.25) is 0 Å². The van der Waals surface area contributed by atoms with Gasteiger partial charge in [-0.2, -0.15) is 0 Å². The quantitative estimate of drug-likeness (QED) is 0.884. The molecule has 108 valence electrons. The van der Waals surface area contributed by atoms with Gasteiger partial charge in [-0.25, -0.2) is 4.79 Å². The lowest BCUT2D eigenvalue weighted by atomic mass is 10.0. The molecule has 1 aliphatic carbocycles. The maximum Gasteiger partial charge on any atom is 0.315 e.